The zero-order chi connectivity index (χ0) is 9.26. The summed E-state index contributed by atoms with van der Waals surface area (Å²) < 4.78 is 3.22. The summed E-state index contributed by atoms with van der Waals surface area (Å²) in [5, 5.41) is 1.29. The Morgan fingerprint density at radius 1 is 1.38 bits per heavy atom. The third kappa shape index (κ3) is 1.52. The number of fused-ring (bicyclic) bond motifs is 1. The number of nitrogens with one attached hydrogen (secondary N) is 2. The molecule has 0 spiro atoms. The average Bonchev–Trinajstić information content (AvgIpc) is 2.49. The second-order valence-electron chi connectivity index (χ2n) is 3.04. The summed E-state index contributed by atoms with van der Waals surface area (Å²) in [7, 11) is 0. The first kappa shape index (κ1) is 8.51. The van der Waals surface area contributed by atoms with Crippen molar-refractivity contribution < 1.29 is 0 Å². The van der Waals surface area contributed by atoms with Crippen LogP contribution < -0.4 is 4.72 Å². The number of H-pyrrole nitrogens is 1. The van der Waals surface area contributed by atoms with E-state index in [4.69, 9.17) is 0 Å². The number of hydrogen-bond donors (Lipinski definition) is 2. The van der Waals surface area contributed by atoms with Gasteiger partial charge in [0.2, 0.25) is 0 Å². The minimum absolute atomic E-state index is 1.16. The first-order valence-corrected chi connectivity index (χ1v) is 5.40. The molecule has 1 aromatic heterocycles. The van der Waals surface area contributed by atoms with Gasteiger partial charge in [-0.25, -0.2) is 0 Å². The van der Waals surface area contributed by atoms with Gasteiger partial charge in [-0.05, 0) is 30.7 Å². The Balaban J connectivity index is 2.53. The molecule has 0 unspecified atom stereocenters. The van der Waals surface area contributed by atoms with E-state index in [9.17, 15) is 0 Å². The van der Waals surface area contributed by atoms with Gasteiger partial charge in [-0.3, -0.25) is 0 Å². The van der Waals surface area contributed by atoms with Crippen LogP contribution in [0.5, 0.6) is 0 Å². The van der Waals surface area contributed by atoms with Crippen molar-refractivity contribution in [3.8, 4) is 0 Å². The molecular weight excluding hydrogens is 180 g/mol. The predicted octanol–water partition coefficient (Wildman–Crippen LogP) is 3.17. The fourth-order valence-corrected chi connectivity index (χ4v) is 1.80. The van der Waals surface area contributed by atoms with Crippen LogP contribution in [0.4, 0.5) is 5.69 Å². The van der Waals surface area contributed by atoms with Crippen LogP contribution in [0.2, 0.25) is 0 Å². The van der Waals surface area contributed by atoms with E-state index in [0.29, 0.717) is 0 Å². The third-order valence-corrected chi connectivity index (χ3v) is 2.55. The number of rotatable bonds is 2. The van der Waals surface area contributed by atoms with Crippen molar-refractivity contribution in [2.45, 2.75) is 6.92 Å². The first-order chi connectivity index (χ1) is 6.31. The molecule has 0 amide bonds. The normalized spacial score (nSPS) is 10.6. The first-order valence-electron chi connectivity index (χ1n) is 4.18. The fraction of sp³-hybridized carbons (Fsp3) is 0.200. The maximum atomic E-state index is 3.22. The predicted molar refractivity (Wildman–Crippen MR) is 60.2 cm³/mol. The zero-order valence-electron chi connectivity index (χ0n) is 7.72. The second kappa shape index (κ2) is 3.34. The summed E-state index contributed by atoms with van der Waals surface area (Å²) >= 11 is 1.61. The molecule has 0 aliphatic rings. The van der Waals surface area contributed by atoms with Crippen LogP contribution in [0.15, 0.2) is 24.4 Å². The van der Waals surface area contributed by atoms with E-state index in [2.05, 4.69) is 34.8 Å². The van der Waals surface area contributed by atoms with E-state index in [1.54, 1.807) is 11.9 Å². The van der Waals surface area contributed by atoms with Crippen molar-refractivity contribution >= 4 is 28.5 Å². The van der Waals surface area contributed by atoms with Crippen molar-refractivity contribution in [2.24, 2.45) is 0 Å². The van der Waals surface area contributed by atoms with Gasteiger partial charge in [-0.2, -0.15) is 0 Å². The van der Waals surface area contributed by atoms with E-state index in [-0.39, 0.29) is 0 Å². The van der Waals surface area contributed by atoms with Crippen molar-refractivity contribution in [2.75, 3.05) is 11.0 Å². The molecule has 1 heterocycles. The van der Waals surface area contributed by atoms with Crippen LogP contribution in [0, 0.1) is 6.92 Å². The van der Waals surface area contributed by atoms with Gasteiger partial charge in [0, 0.05) is 29.0 Å². The average molecular weight is 192 g/mol. The van der Waals surface area contributed by atoms with Crippen LogP contribution in [0.1, 0.15) is 5.56 Å². The molecule has 0 fully saturated rings. The Morgan fingerprint density at radius 3 is 3.00 bits per heavy atom. The Morgan fingerprint density at radius 2 is 2.23 bits per heavy atom. The molecule has 2 nitrogen and oxygen atoms in total. The number of hydrogen-bond acceptors (Lipinski definition) is 2. The highest BCUT2D eigenvalue weighted by molar-refractivity contribution is 7.99. The number of anilines is 1. The Kier molecular flexibility index (Phi) is 2.19. The standard InChI is InChI=1S/C10H12N2S/c1-7-6-11-10-4-3-8(12-13-2)5-9(7)10/h3-6,11-12H,1-2H3. The molecule has 1 aromatic carbocycles. The Labute approximate surface area is 81.9 Å². The van der Waals surface area contributed by atoms with E-state index in [1.807, 2.05) is 12.5 Å². The molecular formula is C10H12N2S. The maximum Gasteiger partial charge on any atom is 0.0458 e. The summed E-state index contributed by atoms with van der Waals surface area (Å²) in [6.45, 7) is 2.11. The minimum Gasteiger partial charge on any atom is -0.361 e. The molecule has 0 aliphatic heterocycles. The van der Waals surface area contributed by atoms with Crippen LogP contribution in [-0.4, -0.2) is 11.2 Å². The molecule has 13 heavy (non-hydrogen) atoms. The quantitative estimate of drug-likeness (QED) is 0.715. The van der Waals surface area contributed by atoms with Crippen LogP contribution >= 0.6 is 11.9 Å². The SMILES string of the molecule is CSNc1ccc2[nH]cc(C)c2c1. The zero-order valence-corrected chi connectivity index (χ0v) is 8.53. The fourth-order valence-electron chi connectivity index (χ4n) is 1.44. The van der Waals surface area contributed by atoms with Crippen LogP contribution in [-0.2, 0) is 0 Å². The molecule has 3 heteroatoms. The number of aromatic amines is 1. The molecule has 0 bridgehead atoms. The van der Waals surface area contributed by atoms with Crippen molar-refractivity contribution in [1.82, 2.24) is 4.98 Å². The number of aryl methyl sites for hydroxylation is 1. The van der Waals surface area contributed by atoms with E-state index < -0.39 is 0 Å². The van der Waals surface area contributed by atoms with Gasteiger partial charge in [0.05, 0.1) is 0 Å². The smallest absolute Gasteiger partial charge is 0.0458 e. The number of benzene rings is 1. The highest BCUT2D eigenvalue weighted by atomic mass is 32.2. The van der Waals surface area contributed by atoms with E-state index in [0.717, 1.165) is 5.69 Å². The molecule has 0 radical (unpaired) electrons. The lowest BCUT2D eigenvalue weighted by molar-refractivity contribution is 1.43. The third-order valence-electron chi connectivity index (χ3n) is 2.11. The molecule has 0 atom stereocenters. The van der Waals surface area contributed by atoms with Gasteiger partial charge >= 0.3 is 0 Å². The van der Waals surface area contributed by atoms with Gasteiger partial charge in [0.15, 0.2) is 0 Å². The van der Waals surface area contributed by atoms with Gasteiger partial charge in [-0.15, -0.1) is 0 Å². The van der Waals surface area contributed by atoms with Gasteiger partial charge in [-0.1, -0.05) is 11.9 Å². The Hall–Kier alpha value is -1.09. The topological polar surface area (TPSA) is 27.8 Å². The largest absolute Gasteiger partial charge is 0.361 e. The molecule has 2 aromatic rings. The van der Waals surface area contributed by atoms with Crippen molar-refractivity contribution in [3.63, 3.8) is 0 Å². The summed E-state index contributed by atoms with van der Waals surface area (Å²) in [4.78, 5) is 3.22. The highest BCUT2D eigenvalue weighted by Gasteiger charge is 1.99. The lowest BCUT2D eigenvalue weighted by Gasteiger charge is -2.01. The van der Waals surface area contributed by atoms with Gasteiger partial charge < -0.3 is 9.71 Å². The lowest BCUT2D eigenvalue weighted by Crippen LogP contribution is -1.83. The van der Waals surface area contributed by atoms with Crippen LogP contribution in [0.3, 0.4) is 0 Å². The van der Waals surface area contributed by atoms with Crippen molar-refractivity contribution in [1.29, 1.82) is 0 Å². The molecule has 0 saturated carbocycles. The molecule has 2 N–H and O–H groups in total. The van der Waals surface area contributed by atoms with Gasteiger partial charge in [0.1, 0.15) is 0 Å². The second-order valence-corrected chi connectivity index (χ2v) is 3.65. The Bertz CT molecular complexity index is 420. The summed E-state index contributed by atoms with van der Waals surface area (Å²) in [6.07, 6.45) is 4.06. The monoisotopic (exact) mass is 192 g/mol. The summed E-state index contributed by atoms with van der Waals surface area (Å²) in [6, 6.07) is 6.34. The van der Waals surface area contributed by atoms with Gasteiger partial charge in [0.25, 0.3) is 0 Å². The summed E-state index contributed by atoms with van der Waals surface area (Å²) in [5.74, 6) is 0. The molecule has 68 valence electrons. The number of aromatic nitrogens is 1. The van der Waals surface area contributed by atoms with Crippen molar-refractivity contribution in [3.05, 3.63) is 30.0 Å². The lowest BCUT2D eigenvalue weighted by atomic mass is 10.2. The molecule has 2 rings (SSSR count). The molecule has 0 aliphatic carbocycles. The van der Waals surface area contributed by atoms with Crippen LogP contribution in [0.25, 0.3) is 10.9 Å². The maximum absolute atomic E-state index is 3.22. The highest BCUT2D eigenvalue weighted by Crippen LogP contribution is 2.22. The minimum atomic E-state index is 1.16. The van der Waals surface area contributed by atoms with E-state index >= 15 is 0 Å². The molecule has 0 saturated heterocycles. The summed E-state index contributed by atoms with van der Waals surface area (Å²) in [5.41, 5.74) is 3.65. The van der Waals surface area contributed by atoms with E-state index in [1.165, 1.54) is 16.5 Å².